The minimum atomic E-state index is -1.92. The Balaban J connectivity index is 2.19. The minimum Gasteiger partial charge on any atom is -0.465 e. The summed E-state index contributed by atoms with van der Waals surface area (Å²) in [5, 5.41) is 9.56. The third-order valence-corrected chi connectivity index (χ3v) is 5.15. The van der Waals surface area contributed by atoms with Gasteiger partial charge in [0.05, 0.1) is 7.11 Å². The van der Waals surface area contributed by atoms with Crippen molar-refractivity contribution in [1.82, 2.24) is 0 Å². The number of carbonyl (C=O) groups is 2. The molecule has 9 heteroatoms. The number of aliphatic hydroxyl groups is 1. The normalized spacial score (nSPS) is 19.4. The van der Waals surface area contributed by atoms with Crippen LogP contribution in [0.4, 0.5) is 5.69 Å². The Hall–Kier alpha value is -3.85. The van der Waals surface area contributed by atoms with Gasteiger partial charge in [0.25, 0.3) is 5.91 Å². The van der Waals surface area contributed by atoms with Crippen molar-refractivity contribution in [1.29, 1.82) is 0 Å². The SMILES string of the molecule is C=CCN1C(=O)[C@@]2(C(C(=O)OC)=C(N)Oc3c2oc(CO)cc3=O)c2ccccc21. The smallest absolute Gasteiger partial charge is 0.341 e. The van der Waals surface area contributed by atoms with Crippen molar-refractivity contribution in [2.45, 2.75) is 12.0 Å². The standard InChI is InChI=1S/C21H18N2O7/c1-3-8-23-13-7-5-4-6-12(13)21(20(23)27)15(19(26)28-2)18(22)30-16-14(25)9-11(10-24)29-17(16)21/h3-7,9,24H,1,8,10,22H2,2H3/t21-/m1/s1. The molecular formula is C21H18N2O7. The van der Waals surface area contributed by atoms with Crippen LogP contribution in [0.2, 0.25) is 0 Å². The third kappa shape index (κ3) is 2.35. The lowest BCUT2D eigenvalue weighted by Crippen LogP contribution is -2.49. The van der Waals surface area contributed by atoms with Gasteiger partial charge >= 0.3 is 5.97 Å². The number of carbonyl (C=O) groups excluding carboxylic acids is 2. The number of rotatable bonds is 4. The molecule has 1 aromatic carbocycles. The Morgan fingerprint density at radius 3 is 2.77 bits per heavy atom. The molecule has 0 fully saturated rings. The number of fused-ring (bicyclic) bond motifs is 4. The summed E-state index contributed by atoms with van der Waals surface area (Å²) in [5.41, 5.74) is 4.01. The summed E-state index contributed by atoms with van der Waals surface area (Å²) in [6.07, 6.45) is 1.53. The highest BCUT2D eigenvalue weighted by molar-refractivity contribution is 6.18. The van der Waals surface area contributed by atoms with E-state index in [9.17, 15) is 19.5 Å². The van der Waals surface area contributed by atoms with Crippen molar-refractivity contribution in [3.05, 3.63) is 81.8 Å². The highest BCUT2D eigenvalue weighted by Crippen LogP contribution is 2.54. The molecule has 2 aliphatic rings. The van der Waals surface area contributed by atoms with Gasteiger partial charge in [-0.25, -0.2) is 4.79 Å². The predicted molar refractivity (Wildman–Crippen MR) is 105 cm³/mol. The summed E-state index contributed by atoms with van der Waals surface area (Å²) in [5.74, 6) is -2.62. The van der Waals surface area contributed by atoms with Crippen LogP contribution >= 0.6 is 0 Å². The lowest BCUT2D eigenvalue weighted by molar-refractivity contribution is -0.138. The molecule has 2 aliphatic heterocycles. The maximum Gasteiger partial charge on any atom is 0.341 e. The second-order valence-corrected chi connectivity index (χ2v) is 6.70. The van der Waals surface area contributed by atoms with Crippen molar-refractivity contribution in [3.8, 4) is 5.75 Å². The lowest BCUT2D eigenvalue weighted by atomic mass is 9.71. The van der Waals surface area contributed by atoms with Crippen molar-refractivity contribution < 1.29 is 28.6 Å². The van der Waals surface area contributed by atoms with Crippen molar-refractivity contribution >= 4 is 17.6 Å². The van der Waals surface area contributed by atoms with E-state index in [1.807, 2.05) is 0 Å². The maximum atomic E-state index is 13.9. The maximum absolute atomic E-state index is 13.9. The van der Waals surface area contributed by atoms with Crippen LogP contribution in [-0.2, 0) is 26.3 Å². The number of anilines is 1. The number of nitrogens with two attached hydrogens (primary N) is 1. The average Bonchev–Trinajstić information content (AvgIpc) is 2.98. The molecule has 3 N–H and O–H groups in total. The van der Waals surface area contributed by atoms with Crippen molar-refractivity contribution in [2.75, 3.05) is 18.6 Å². The van der Waals surface area contributed by atoms with E-state index < -0.39 is 35.2 Å². The molecular weight excluding hydrogens is 392 g/mol. The van der Waals surface area contributed by atoms with Crippen LogP contribution in [-0.4, -0.2) is 30.6 Å². The number of hydrogen-bond donors (Lipinski definition) is 2. The van der Waals surface area contributed by atoms with E-state index in [1.165, 1.54) is 11.0 Å². The molecule has 4 rings (SSSR count). The van der Waals surface area contributed by atoms with Crippen LogP contribution in [0, 0.1) is 0 Å². The fourth-order valence-electron chi connectivity index (χ4n) is 3.99. The van der Waals surface area contributed by atoms with Crippen LogP contribution in [0.5, 0.6) is 5.75 Å². The van der Waals surface area contributed by atoms with Gasteiger partial charge in [-0.05, 0) is 6.07 Å². The molecule has 9 nitrogen and oxygen atoms in total. The number of benzene rings is 1. The quantitative estimate of drug-likeness (QED) is 0.556. The van der Waals surface area contributed by atoms with E-state index in [1.54, 1.807) is 24.3 Å². The van der Waals surface area contributed by atoms with Gasteiger partial charge in [-0.1, -0.05) is 24.3 Å². The summed E-state index contributed by atoms with van der Waals surface area (Å²) >= 11 is 0. The second-order valence-electron chi connectivity index (χ2n) is 6.70. The number of nitrogens with zero attached hydrogens (tertiary/aromatic N) is 1. The van der Waals surface area contributed by atoms with Gasteiger partial charge in [0.1, 0.15) is 17.9 Å². The van der Waals surface area contributed by atoms with Crippen LogP contribution in [0.25, 0.3) is 0 Å². The Morgan fingerprint density at radius 2 is 2.10 bits per heavy atom. The number of esters is 1. The molecule has 0 radical (unpaired) electrons. The Morgan fingerprint density at radius 1 is 1.37 bits per heavy atom. The zero-order chi connectivity index (χ0) is 21.6. The Kier molecular flexibility index (Phi) is 4.47. The minimum absolute atomic E-state index is 0.0983. The van der Waals surface area contributed by atoms with Gasteiger partial charge < -0.3 is 29.6 Å². The summed E-state index contributed by atoms with van der Waals surface area (Å²) in [6, 6.07) is 7.77. The van der Waals surface area contributed by atoms with Crippen molar-refractivity contribution in [3.63, 3.8) is 0 Å². The molecule has 3 heterocycles. The summed E-state index contributed by atoms with van der Waals surface area (Å²) in [7, 11) is 1.14. The number of aliphatic hydroxyl groups excluding tert-OH is 1. The van der Waals surface area contributed by atoms with E-state index in [2.05, 4.69) is 6.58 Å². The third-order valence-electron chi connectivity index (χ3n) is 5.15. The first-order valence-corrected chi connectivity index (χ1v) is 8.98. The molecule has 0 unspecified atom stereocenters. The topological polar surface area (TPSA) is 132 Å². The largest absolute Gasteiger partial charge is 0.465 e. The first-order chi connectivity index (χ1) is 14.4. The molecule has 1 spiro atoms. The predicted octanol–water partition coefficient (Wildman–Crippen LogP) is 0.687. The van der Waals surface area contributed by atoms with Crippen LogP contribution in [0.15, 0.2) is 63.7 Å². The molecule has 0 saturated carbocycles. The number of methoxy groups -OCH3 is 1. The van der Waals surface area contributed by atoms with E-state index in [0.29, 0.717) is 11.3 Å². The average molecular weight is 410 g/mol. The first-order valence-electron chi connectivity index (χ1n) is 8.98. The zero-order valence-electron chi connectivity index (χ0n) is 16.0. The van der Waals surface area contributed by atoms with Crippen LogP contribution < -0.4 is 20.8 Å². The highest BCUT2D eigenvalue weighted by atomic mass is 16.5. The summed E-state index contributed by atoms with van der Waals surface area (Å²) in [4.78, 5) is 40.8. The number of ether oxygens (including phenoxy) is 2. The number of amides is 1. The van der Waals surface area contributed by atoms with E-state index >= 15 is 0 Å². The number of para-hydroxylation sites is 1. The van der Waals surface area contributed by atoms with Crippen LogP contribution in [0.1, 0.15) is 17.1 Å². The van der Waals surface area contributed by atoms with Gasteiger partial charge in [-0.2, -0.15) is 0 Å². The van der Waals surface area contributed by atoms with Gasteiger partial charge in [0.15, 0.2) is 11.2 Å². The van der Waals surface area contributed by atoms with E-state index in [-0.39, 0.29) is 29.4 Å². The molecule has 0 bridgehead atoms. The molecule has 2 aromatic rings. The fourth-order valence-corrected chi connectivity index (χ4v) is 3.99. The van der Waals surface area contributed by atoms with Gasteiger partial charge in [0, 0.05) is 23.9 Å². The lowest BCUT2D eigenvalue weighted by Gasteiger charge is -2.34. The van der Waals surface area contributed by atoms with Gasteiger partial charge in [-0.3, -0.25) is 9.59 Å². The monoisotopic (exact) mass is 410 g/mol. The van der Waals surface area contributed by atoms with Crippen molar-refractivity contribution in [2.24, 2.45) is 5.73 Å². The Bertz CT molecular complexity index is 1180. The van der Waals surface area contributed by atoms with Gasteiger partial charge in [0.2, 0.25) is 17.1 Å². The highest BCUT2D eigenvalue weighted by Gasteiger charge is 2.63. The molecule has 154 valence electrons. The molecule has 1 aromatic heterocycles. The van der Waals surface area contributed by atoms with Crippen LogP contribution in [0.3, 0.4) is 0 Å². The first kappa shape index (κ1) is 19.5. The molecule has 1 amide bonds. The zero-order valence-corrected chi connectivity index (χ0v) is 16.0. The molecule has 30 heavy (non-hydrogen) atoms. The second kappa shape index (κ2) is 6.89. The summed E-state index contributed by atoms with van der Waals surface area (Å²) in [6.45, 7) is 3.21. The summed E-state index contributed by atoms with van der Waals surface area (Å²) < 4.78 is 16.1. The molecule has 1 atom stereocenters. The fraction of sp³-hybridized carbons (Fsp3) is 0.190. The molecule has 0 aliphatic carbocycles. The van der Waals surface area contributed by atoms with E-state index in [0.717, 1.165) is 13.2 Å². The van der Waals surface area contributed by atoms with Gasteiger partial charge in [-0.15, -0.1) is 6.58 Å². The van der Waals surface area contributed by atoms with E-state index in [4.69, 9.17) is 19.6 Å². The molecule has 0 saturated heterocycles. The number of hydrogen-bond acceptors (Lipinski definition) is 8. The Labute approximate surface area is 170 Å².